The predicted octanol–water partition coefficient (Wildman–Crippen LogP) is 2.30. The highest BCUT2D eigenvalue weighted by Crippen LogP contribution is 2.24. The first-order valence-corrected chi connectivity index (χ1v) is 7.44. The molecule has 0 aliphatic heterocycles. The molecule has 0 aliphatic carbocycles. The summed E-state index contributed by atoms with van der Waals surface area (Å²) >= 11 is 5.72. The van der Waals surface area contributed by atoms with Crippen LogP contribution in [0.5, 0.6) is 0 Å². The van der Waals surface area contributed by atoms with Gasteiger partial charge in [0, 0.05) is 11.9 Å². The zero-order valence-corrected chi connectivity index (χ0v) is 12.0. The van der Waals surface area contributed by atoms with Crippen molar-refractivity contribution < 1.29 is 8.60 Å². The lowest BCUT2D eigenvalue weighted by Crippen LogP contribution is -2.14. The smallest absolute Gasteiger partial charge is 0.148 e. The van der Waals surface area contributed by atoms with Gasteiger partial charge in [-0.3, -0.25) is 4.21 Å². The molecular formula is C12H13ClFN3OS. The van der Waals surface area contributed by atoms with Crippen molar-refractivity contribution >= 4 is 22.4 Å². The van der Waals surface area contributed by atoms with Crippen molar-refractivity contribution in [3.05, 3.63) is 46.1 Å². The fourth-order valence-corrected chi connectivity index (χ4v) is 2.66. The van der Waals surface area contributed by atoms with Crippen molar-refractivity contribution in [2.45, 2.75) is 18.0 Å². The molecular weight excluding hydrogens is 289 g/mol. The van der Waals surface area contributed by atoms with E-state index in [1.54, 1.807) is 19.2 Å². The third-order valence-corrected chi connectivity index (χ3v) is 3.96. The molecule has 0 saturated carbocycles. The van der Waals surface area contributed by atoms with Gasteiger partial charge in [0.25, 0.3) is 0 Å². The van der Waals surface area contributed by atoms with E-state index in [4.69, 9.17) is 17.3 Å². The molecule has 1 heterocycles. The monoisotopic (exact) mass is 301 g/mol. The van der Waals surface area contributed by atoms with E-state index in [1.165, 1.54) is 12.1 Å². The first-order valence-electron chi connectivity index (χ1n) is 5.50. The second kappa shape index (κ2) is 5.40. The number of rotatable bonds is 3. The summed E-state index contributed by atoms with van der Waals surface area (Å²) < 4.78 is 24.6. The molecule has 0 spiro atoms. The first-order chi connectivity index (χ1) is 8.90. The van der Waals surface area contributed by atoms with Crippen molar-refractivity contribution in [2.24, 2.45) is 5.73 Å². The highest BCUT2D eigenvalue weighted by Gasteiger charge is 2.17. The first kappa shape index (κ1) is 14.2. The number of halogens is 2. The average molecular weight is 302 g/mol. The van der Waals surface area contributed by atoms with Gasteiger partial charge < -0.3 is 10.7 Å². The predicted molar refractivity (Wildman–Crippen MR) is 73.1 cm³/mol. The second-order valence-corrected chi connectivity index (χ2v) is 5.86. The van der Waals surface area contributed by atoms with Crippen LogP contribution in [0.1, 0.15) is 23.1 Å². The van der Waals surface area contributed by atoms with Gasteiger partial charge in [-0.1, -0.05) is 17.7 Å². The minimum absolute atomic E-state index is 0.00974. The summed E-state index contributed by atoms with van der Waals surface area (Å²) in [5.74, 6) is -0.0195. The lowest BCUT2D eigenvalue weighted by Gasteiger charge is -2.09. The van der Waals surface area contributed by atoms with E-state index in [-0.39, 0.29) is 5.02 Å². The molecule has 0 bridgehead atoms. The summed E-state index contributed by atoms with van der Waals surface area (Å²) in [6.45, 7) is 1.78. The number of benzene rings is 1. The summed E-state index contributed by atoms with van der Waals surface area (Å²) in [5, 5.41) is 0.481. The molecule has 2 aromatic rings. The quantitative estimate of drug-likeness (QED) is 0.913. The molecule has 1 aromatic carbocycles. The third-order valence-electron chi connectivity index (χ3n) is 2.73. The molecule has 2 rings (SSSR count). The molecule has 19 heavy (non-hydrogen) atoms. The fraction of sp³-hybridized carbons (Fsp3) is 0.250. The maximum Gasteiger partial charge on any atom is 0.148 e. The summed E-state index contributed by atoms with van der Waals surface area (Å²) in [5.41, 5.74) is 7.38. The second-order valence-electron chi connectivity index (χ2n) is 4.16. The van der Waals surface area contributed by atoms with Gasteiger partial charge >= 0.3 is 0 Å². The van der Waals surface area contributed by atoms with Crippen molar-refractivity contribution in [2.75, 3.05) is 6.26 Å². The standard InChI is InChI=1S/C12H13ClFN3OS/c1-6-12(19(2)18)17-11(16-6)10(15)7-3-4-9(14)8(13)5-7/h3-5,10H,15H2,1-2H3,(H,16,17). The van der Waals surface area contributed by atoms with Crippen molar-refractivity contribution in [1.29, 1.82) is 0 Å². The molecule has 0 fully saturated rings. The van der Waals surface area contributed by atoms with Crippen LogP contribution in [-0.4, -0.2) is 20.4 Å². The average Bonchev–Trinajstić information content (AvgIpc) is 2.74. The molecule has 2 atom stereocenters. The van der Waals surface area contributed by atoms with Crippen LogP contribution in [0.25, 0.3) is 0 Å². The Bertz CT molecular complexity index is 644. The molecule has 102 valence electrons. The van der Waals surface area contributed by atoms with Crippen LogP contribution in [0.4, 0.5) is 4.39 Å². The van der Waals surface area contributed by atoms with Gasteiger partial charge in [-0.2, -0.15) is 0 Å². The van der Waals surface area contributed by atoms with Crippen LogP contribution in [-0.2, 0) is 10.8 Å². The number of aryl methyl sites for hydroxylation is 1. The fourth-order valence-electron chi connectivity index (χ4n) is 1.76. The van der Waals surface area contributed by atoms with Gasteiger partial charge in [-0.25, -0.2) is 9.37 Å². The molecule has 7 heteroatoms. The number of H-pyrrole nitrogens is 1. The van der Waals surface area contributed by atoms with Gasteiger partial charge in [0.05, 0.1) is 21.9 Å². The Labute approximate surface area is 117 Å². The molecule has 2 unspecified atom stereocenters. The van der Waals surface area contributed by atoms with E-state index >= 15 is 0 Å². The van der Waals surface area contributed by atoms with E-state index in [1.807, 2.05) is 0 Å². The number of hydrogen-bond acceptors (Lipinski definition) is 3. The maximum atomic E-state index is 13.1. The van der Waals surface area contributed by atoms with Crippen LogP contribution in [0.2, 0.25) is 5.02 Å². The minimum Gasteiger partial charge on any atom is -0.343 e. The lowest BCUT2D eigenvalue weighted by atomic mass is 10.1. The van der Waals surface area contributed by atoms with Gasteiger partial charge in [-0.05, 0) is 24.6 Å². The van der Waals surface area contributed by atoms with Crippen molar-refractivity contribution in [1.82, 2.24) is 9.97 Å². The van der Waals surface area contributed by atoms with E-state index < -0.39 is 22.7 Å². The molecule has 1 aromatic heterocycles. The number of nitrogens with two attached hydrogens (primary N) is 1. The molecule has 0 amide bonds. The number of aromatic nitrogens is 2. The Morgan fingerprint density at radius 3 is 2.74 bits per heavy atom. The third kappa shape index (κ3) is 2.86. The Hall–Kier alpha value is -1.24. The van der Waals surface area contributed by atoms with Crippen LogP contribution in [0.3, 0.4) is 0 Å². The number of nitrogens with one attached hydrogen (secondary N) is 1. The zero-order valence-electron chi connectivity index (χ0n) is 10.4. The maximum absolute atomic E-state index is 13.1. The highest BCUT2D eigenvalue weighted by atomic mass is 35.5. The molecule has 0 radical (unpaired) electrons. The van der Waals surface area contributed by atoms with Crippen LogP contribution < -0.4 is 5.73 Å². The van der Waals surface area contributed by atoms with Crippen molar-refractivity contribution in [3.8, 4) is 0 Å². The Balaban J connectivity index is 2.38. The van der Waals surface area contributed by atoms with E-state index in [0.29, 0.717) is 22.1 Å². The van der Waals surface area contributed by atoms with E-state index in [0.717, 1.165) is 0 Å². The number of imidazole rings is 1. The molecule has 3 N–H and O–H groups in total. The minimum atomic E-state index is -1.18. The van der Waals surface area contributed by atoms with Crippen LogP contribution in [0, 0.1) is 12.7 Å². The number of nitrogens with zero attached hydrogens (tertiary/aromatic N) is 1. The van der Waals surface area contributed by atoms with Gasteiger partial charge in [0.15, 0.2) is 0 Å². The number of hydrogen-bond donors (Lipinski definition) is 2. The van der Waals surface area contributed by atoms with Crippen LogP contribution >= 0.6 is 11.6 Å². The number of aromatic amines is 1. The van der Waals surface area contributed by atoms with E-state index in [2.05, 4.69) is 9.97 Å². The summed E-state index contributed by atoms with van der Waals surface area (Å²) in [6.07, 6.45) is 1.55. The lowest BCUT2D eigenvalue weighted by molar-refractivity contribution is 0.626. The zero-order chi connectivity index (χ0) is 14.2. The molecule has 0 aliphatic rings. The van der Waals surface area contributed by atoms with Crippen LogP contribution in [0.15, 0.2) is 23.2 Å². The summed E-state index contributed by atoms with van der Waals surface area (Å²) in [6, 6.07) is 3.69. The van der Waals surface area contributed by atoms with Gasteiger partial charge in [0.2, 0.25) is 0 Å². The Morgan fingerprint density at radius 1 is 1.53 bits per heavy atom. The largest absolute Gasteiger partial charge is 0.343 e. The highest BCUT2D eigenvalue weighted by molar-refractivity contribution is 7.84. The van der Waals surface area contributed by atoms with E-state index in [9.17, 15) is 8.60 Å². The van der Waals surface area contributed by atoms with Gasteiger partial charge in [0.1, 0.15) is 16.7 Å². The summed E-state index contributed by atoms with van der Waals surface area (Å²) in [7, 11) is -1.18. The molecule has 4 nitrogen and oxygen atoms in total. The SMILES string of the molecule is Cc1[nH]c(C(N)c2ccc(F)c(Cl)c2)nc1S(C)=O. The normalized spacial score (nSPS) is 14.4. The van der Waals surface area contributed by atoms with Crippen molar-refractivity contribution in [3.63, 3.8) is 0 Å². The van der Waals surface area contributed by atoms with Gasteiger partial charge in [-0.15, -0.1) is 0 Å². The summed E-state index contributed by atoms with van der Waals surface area (Å²) in [4.78, 5) is 7.21. The Morgan fingerprint density at radius 2 is 2.21 bits per heavy atom. The Kier molecular flexibility index (Phi) is 4.03. The topological polar surface area (TPSA) is 71.8 Å². The molecule has 0 saturated heterocycles.